The van der Waals surface area contributed by atoms with Gasteiger partial charge in [0.05, 0.1) is 0 Å². The minimum Gasteiger partial charge on any atom is -0.370 e. The normalized spacial score (nSPS) is 9.25. The summed E-state index contributed by atoms with van der Waals surface area (Å²) in [7, 11) is -3.64. The number of guanidine groups is 1. The Hall–Kier alpha value is -1.11. The third kappa shape index (κ3) is 66.3. The fourth-order valence-corrected chi connectivity index (χ4v) is 0.127. The number of amides is 2. The summed E-state index contributed by atoms with van der Waals surface area (Å²) in [5.74, 6) is -0.312. The summed E-state index contributed by atoms with van der Waals surface area (Å²) in [5, 5.41) is 0. The van der Waals surface area contributed by atoms with Gasteiger partial charge in [-0.15, -0.1) is 0 Å². The van der Waals surface area contributed by atoms with E-state index in [4.69, 9.17) is 21.3 Å². The van der Waals surface area contributed by atoms with Gasteiger partial charge in [0.25, 0.3) is 0 Å². The van der Waals surface area contributed by atoms with E-state index in [0.717, 1.165) is 6.66 Å². The fourth-order valence-electron chi connectivity index (χ4n) is 0.127. The van der Waals surface area contributed by atoms with Crippen molar-refractivity contribution in [1.29, 1.82) is 0 Å². The zero-order valence-electron chi connectivity index (χ0n) is 6.34. The number of carbonyl (C=O) groups is 1. The Morgan fingerprint density at radius 2 is 1.58 bits per heavy atom. The lowest BCUT2D eigenvalue weighted by atomic mass is 11.0. The maximum atomic E-state index is 9.68. The van der Waals surface area contributed by atoms with E-state index in [-0.39, 0.29) is 5.96 Å². The molecule has 2 amide bonds. The molecule has 0 aromatic heterocycles. The van der Waals surface area contributed by atoms with Crippen LogP contribution < -0.4 is 17.2 Å². The highest BCUT2D eigenvalue weighted by molar-refractivity contribution is 7.50. The maximum Gasteiger partial charge on any atom is 0.341 e. The van der Waals surface area contributed by atoms with Crippen LogP contribution in [0.1, 0.15) is 0 Å². The van der Waals surface area contributed by atoms with Crippen LogP contribution in [0.2, 0.25) is 0 Å². The van der Waals surface area contributed by atoms with Crippen molar-refractivity contribution in [3.63, 3.8) is 0 Å². The number of hydrogen-bond acceptors (Lipinski definition) is 2. The van der Waals surface area contributed by atoms with Crippen LogP contribution in [0.15, 0.2) is 4.99 Å². The summed E-state index contributed by atoms with van der Waals surface area (Å²) >= 11 is 0. The molecular weight excluding hydrogens is 187 g/mol. The smallest absolute Gasteiger partial charge is 0.341 e. The topological polar surface area (TPSA) is 165 Å². The Morgan fingerprint density at radius 1 is 1.33 bits per heavy atom. The Bertz CT molecular complexity index is 208. The highest BCUT2D eigenvalue weighted by Gasteiger charge is 1.95. The molecule has 8 N–H and O–H groups in total. The molecule has 0 rings (SSSR count). The third-order valence-electron chi connectivity index (χ3n) is 0.239. The van der Waals surface area contributed by atoms with Gasteiger partial charge in [0.15, 0.2) is 5.96 Å². The minimum atomic E-state index is -3.64. The van der Waals surface area contributed by atoms with Crippen molar-refractivity contribution < 1.29 is 19.1 Å². The molecule has 0 bridgehead atoms. The Morgan fingerprint density at radius 3 is 1.58 bits per heavy atom. The number of primary amides is 1. The summed E-state index contributed by atoms with van der Waals surface area (Å²) in [6.07, 6.45) is 0. The number of nitrogens with two attached hydrogens (primary N) is 3. The van der Waals surface area contributed by atoms with Crippen molar-refractivity contribution in [3.05, 3.63) is 0 Å². The predicted octanol–water partition coefficient (Wildman–Crippen LogP) is -1.87. The van der Waals surface area contributed by atoms with Crippen molar-refractivity contribution in [2.45, 2.75) is 0 Å². The maximum absolute atomic E-state index is 9.68. The molecule has 0 fully saturated rings. The van der Waals surface area contributed by atoms with Crippen LogP contribution in [-0.2, 0) is 4.57 Å². The van der Waals surface area contributed by atoms with Gasteiger partial charge >= 0.3 is 13.6 Å². The Kier molecular flexibility index (Phi) is 6.21. The summed E-state index contributed by atoms with van der Waals surface area (Å²) in [6, 6.07) is -0.875. The molecule has 0 atom stereocenters. The highest BCUT2D eigenvalue weighted by Crippen LogP contribution is 2.26. The molecule has 0 aliphatic carbocycles. The van der Waals surface area contributed by atoms with Crippen LogP contribution in [0, 0.1) is 0 Å². The molecule has 0 spiro atoms. The quantitative estimate of drug-likeness (QED) is 0.174. The van der Waals surface area contributed by atoms with E-state index < -0.39 is 13.6 Å². The first-order valence-corrected chi connectivity index (χ1v) is 4.61. The summed E-state index contributed by atoms with van der Waals surface area (Å²) in [5.41, 5.74) is 13.9. The van der Waals surface area contributed by atoms with Crippen LogP contribution in [0.3, 0.4) is 0 Å². The van der Waals surface area contributed by atoms with E-state index in [0.29, 0.717) is 0 Å². The third-order valence-corrected chi connectivity index (χ3v) is 0.239. The average molecular weight is 198 g/mol. The second-order valence-electron chi connectivity index (χ2n) is 1.71. The van der Waals surface area contributed by atoms with E-state index in [1.165, 1.54) is 0 Å². The van der Waals surface area contributed by atoms with Gasteiger partial charge in [0.2, 0.25) is 0 Å². The lowest BCUT2D eigenvalue weighted by molar-refractivity contribution is 0.256. The van der Waals surface area contributed by atoms with Crippen LogP contribution >= 0.6 is 7.60 Å². The first-order chi connectivity index (χ1) is 5.13. The van der Waals surface area contributed by atoms with E-state index in [9.17, 15) is 9.36 Å². The largest absolute Gasteiger partial charge is 0.370 e. The van der Waals surface area contributed by atoms with E-state index >= 15 is 0 Å². The highest BCUT2D eigenvalue weighted by atomic mass is 31.2. The lowest BCUT2D eigenvalue weighted by Gasteiger charge is -1.84. The van der Waals surface area contributed by atoms with Crippen LogP contribution in [-0.4, -0.2) is 28.4 Å². The first-order valence-electron chi connectivity index (χ1n) is 2.55. The standard InChI is InChI=1S/C2H6N4O.CH5O3P/c3-1(4)6-2(5)7;1-5(2,3)4/h(H6,3,4,5,6,7);1H3,(H2,2,3,4). The molecule has 0 aliphatic heterocycles. The number of carbonyl (C=O) groups excluding carboxylic acids is 1. The number of rotatable bonds is 0. The van der Waals surface area contributed by atoms with Gasteiger partial charge in [-0.05, 0) is 0 Å². The molecule has 9 heteroatoms. The molecule has 0 heterocycles. The van der Waals surface area contributed by atoms with Crippen molar-refractivity contribution in [2.24, 2.45) is 22.2 Å². The predicted molar refractivity (Wildman–Crippen MR) is 43.4 cm³/mol. The van der Waals surface area contributed by atoms with E-state index in [1.54, 1.807) is 0 Å². The van der Waals surface area contributed by atoms with Gasteiger partial charge in [-0.25, -0.2) is 4.79 Å². The van der Waals surface area contributed by atoms with Gasteiger partial charge in [0.1, 0.15) is 0 Å². The van der Waals surface area contributed by atoms with Gasteiger partial charge in [0, 0.05) is 6.66 Å². The fraction of sp³-hybridized carbons (Fsp3) is 0.333. The molecule has 0 aromatic carbocycles. The molecule has 0 aliphatic rings. The first kappa shape index (κ1) is 13.5. The number of nitrogens with zero attached hydrogens (tertiary/aromatic N) is 1. The molecular formula is C3H11N4O4P. The number of aliphatic imine (C=N–C) groups is 1. The van der Waals surface area contributed by atoms with Crippen LogP contribution in [0.5, 0.6) is 0 Å². The van der Waals surface area contributed by atoms with Gasteiger partial charge in [-0.1, -0.05) is 0 Å². The molecule has 0 aromatic rings. The molecule has 12 heavy (non-hydrogen) atoms. The second kappa shape index (κ2) is 5.53. The lowest BCUT2D eigenvalue weighted by Crippen LogP contribution is -2.25. The van der Waals surface area contributed by atoms with Crippen molar-refractivity contribution in [3.8, 4) is 0 Å². The molecule has 0 saturated heterocycles. The SMILES string of the molecule is CP(=O)(O)O.NC(=O)N=C(N)N. The van der Waals surface area contributed by atoms with Gasteiger partial charge in [-0.2, -0.15) is 4.99 Å². The number of hydrogen-bond donors (Lipinski definition) is 5. The van der Waals surface area contributed by atoms with Crippen molar-refractivity contribution >= 4 is 19.6 Å². The monoisotopic (exact) mass is 198 g/mol. The zero-order valence-corrected chi connectivity index (χ0v) is 7.23. The van der Waals surface area contributed by atoms with Crippen molar-refractivity contribution in [2.75, 3.05) is 6.66 Å². The summed E-state index contributed by atoms with van der Waals surface area (Å²) in [4.78, 5) is 27.8. The van der Waals surface area contributed by atoms with E-state index in [1.807, 2.05) is 0 Å². The van der Waals surface area contributed by atoms with Crippen molar-refractivity contribution in [1.82, 2.24) is 0 Å². The summed E-state index contributed by atoms with van der Waals surface area (Å²) < 4.78 is 9.33. The van der Waals surface area contributed by atoms with E-state index in [2.05, 4.69) is 10.7 Å². The molecule has 0 unspecified atom stereocenters. The van der Waals surface area contributed by atoms with Gasteiger partial charge in [-0.3, -0.25) is 4.57 Å². The van der Waals surface area contributed by atoms with Gasteiger partial charge < -0.3 is 27.0 Å². The molecule has 0 saturated carbocycles. The van der Waals surface area contributed by atoms with Crippen LogP contribution in [0.25, 0.3) is 0 Å². The Labute approximate surface area is 68.6 Å². The zero-order chi connectivity index (χ0) is 10.4. The average Bonchev–Trinajstić information content (AvgIpc) is 1.52. The Balaban J connectivity index is 0. The molecule has 72 valence electrons. The molecule has 8 nitrogen and oxygen atoms in total. The minimum absolute atomic E-state index is 0.312. The van der Waals surface area contributed by atoms with Crippen LogP contribution in [0.4, 0.5) is 4.79 Å². The second-order valence-corrected chi connectivity index (χ2v) is 3.38. The summed E-state index contributed by atoms with van der Waals surface area (Å²) in [6.45, 7) is 0.854. The number of urea groups is 1. The molecule has 0 radical (unpaired) electrons.